The number of nitrogens with zero attached hydrogens (tertiary/aromatic N) is 2. The summed E-state index contributed by atoms with van der Waals surface area (Å²) in [4.78, 5) is 8.91. The van der Waals surface area contributed by atoms with Gasteiger partial charge < -0.3 is 9.47 Å². The van der Waals surface area contributed by atoms with E-state index < -0.39 is 0 Å². The Labute approximate surface area is 130 Å². The van der Waals surface area contributed by atoms with Crippen LogP contribution in [0.4, 0.5) is 0 Å². The molecule has 0 radical (unpaired) electrons. The van der Waals surface area contributed by atoms with E-state index in [-0.39, 0.29) is 6.79 Å². The van der Waals surface area contributed by atoms with Crippen LogP contribution in [0.2, 0.25) is 5.15 Å². The molecule has 0 amide bonds. The molecule has 1 aromatic heterocycles. The SMILES string of the molecule is CCc1c(C)nc(-c2cc(Br)c3c(c2)OCO3)nc1Cl. The van der Waals surface area contributed by atoms with Gasteiger partial charge in [0.1, 0.15) is 5.15 Å². The van der Waals surface area contributed by atoms with Gasteiger partial charge in [0.2, 0.25) is 6.79 Å². The van der Waals surface area contributed by atoms with E-state index in [1.807, 2.05) is 26.0 Å². The second kappa shape index (κ2) is 5.22. The Morgan fingerprint density at radius 3 is 2.80 bits per heavy atom. The van der Waals surface area contributed by atoms with Gasteiger partial charge in [-0.05, 0) is 41.4 Å². The molecule has 1 aliphatic rings. The normalized spacial score (nSPS) is 12.8. The molecule has 4 nitrogen and oxygen atoms in total. The van der Waals surface area contributed by atoms with Crippen molar-refractivity contribution in [2.75, 3.05) is 6.79 Å². The molecule has 0 bridgehead atoms. The zero-order valence-electron chi connectivity index (χ0n) is 11.0. The lowest BCUT2D eigenvalue weighted by Gasteiger charge is -2.09. The molecule has 0 atom stereocenters. The number of hydrogen-bond donors (Lipinski definition) is 0. The highest BCUT2D eigenvalue weighted by molar-refractivity contribution is 9.10. The number of aryl methyl sites for hydroxylation is 1. The smallest absolute Gasteiger partial charge is 0.231 e. The fraction of sp³-hybridized carbons (Fsp3) is 0.286. The Balaban J connectivity index is 2.12. The minimum absolute atomic E-state index is 0.229. The fourth-order valence-corrected chi connectivity index (χ4v) is 3.10. The van der Waals surface area contributed by atoms with Gasteiger partial charge in [0, 0.05) is 16.8 Å². The van der Waals surface area contributed by atoms with Crippen LogP contribution in [0.5, 0.6) is 11.5 Å². The summed E-state index contributed by atoms with van der Waals surface area (Å²) in [6.07, 6.45) is 0.815. The van der Waals surface area contributed by atoms with E-state index in [0.717, 1.165) is 27.7 Å². The van der Waals surface area contributed by atoms with Crippen LogP contribution >= 0.6 is 27.5 Å². The van der Waals surface area contributed by atoms with Gasteiger partial charge in [-0.3, -0.25) is 0 Å². The molecule has 0 unspecified atom stereocenters. The summed E-state index contributed by atoms with van der Waals surface area (Å²) in [5, 5.41) is 0.504. The van der Waals surface area contributed by atoms with Gasteiger partial charge in [0.05, 0.1) is 4.47 Å². The van der Waals surface area contributed by atoms with Crippen molar-refractivity contribution in [2.45, 2.75) is 20.3 Å². The molecular weight excluding hydrogens is 344 g/mol. The topological polar surface area (TPSA) is 44.2 Å². The highest BCUT2D eigenvalue weighted by atomic mass is 79.9. The van der Waals surface area contributed by atoms with Crippen LogP contribution in [-0.2, 0) is 6.42 Å². The maximum Gasteiger partial charge on any atom is 0.231 e. The Morgan fingerprint density at radius 1 is 1.30 bits per heavy atom. The van der Waals surface area contributed by atoms with Crippen LogP contribution in [-0.4, -0.2) is 16.8 Å². The number of ether oxygens (including phenoxy) is 2. The van der Waals surface area contributed by atoms with Gasteiger partial charge in [0.25, 0.3) is 0 Å². The summed E-state index contributed by atoms with van der Waals surface area (Å²) in [5.41, 5.74) is 2.72. The first-order valence-corrected chi connectivity index (χ1v) is 7.39. The molecule has 3 rings (SSSR count). The molecule has 20 heavy (non-hydrogen) atoms. The van der Waals surface area contributed by atoms with Crippen molar-refractivity contribution < 1.29 is 9.47 Å². The van der Waals surface area contributed by atoms with Crippen LogP contribution in [0.1, 0.15) is 18.2 Å². The monoisotopic (exact) mass is 354 g/mol. The second-order valence-corrected chi connectivity index (χ2v) is 5.66. The first-order valence-electron chi connectivity index (χ1n) is 6.22. The van der Waals surface area contributed by atoms with Crippen molar-refractivity contribution in [1.82, 2.24) is 9.97 Å². The van der Waals surface area contributed by atoms with E-state index in [9.17, 15) is 0 Å². The Bertz CT molecular complexity index is 668. The molecule has 6 heteroatoms. The van der Waals surface area contributed by atoms with E-state index in [0.29, 0.717) is 22.5 Å². The van der Waals surface area contributed by atoms with Crippen molar-refractivity contribution in [3.05, 3.63) is 33.0 Å². The number of fused-ring (bicyclic) bond motifs is 1. The van der Waals surface area contributed by atoms with Crippen LogP contribution in [0, 0.1) is 6.92 Å². The predicted octanol–water partition coefficient (Wildman–Crippen LogP) is 4.16. The molecule has 0 aliphatic carbocycles. The first-order chi connectivity index (χ1) is 9.60. The van der Waals surface area contributed by atoms with E-state index in [1.165, 1.54) is 0 Å². The molecule has 2 heterocycles. The van der Waals surface area contributed by atoms with Crippen molar-refractivity contribution in [3.63, 3.8) is 0 Å². The van der Waals surface area contributed by atoms with Crippen LogP contribution in [0.3, 0.4) is 0 Å². The summed E-state index contributed by atoms with van der Waals surface area (Å²) in [7, 11) is 0. The van der Waals surface area contributed by atoms with E-state index in [1.54, 1.807) is 0 Å². The molecule has 1 aliphatic heterocycles. The predicted molar refractivity (Wildman–Crippen MR) is 80.4 cm³/mol. The highest BCUT2D eigenvalue weighted by Crippen LogP contribution is 2.42. The minimum Gasteiger partial charge on any atom is -0.454 e. The van der Waals surface area contributed by atoms with Crippen molar-refractivity contribution >= 4 is 27.5 Å². The fourth-order valence-electron chi connectivity index (χ4n) is 2.19. The summed E-state index contributed by atoms with van der Waals surface area (Å²) in [6.45, 7) is 4.21. The third-order valence-corrected chi connectivity index (χ3v) is 4.10. The summed E-state index contributed by atoms with van der Waals surface area (Å²) >= 11 is 9.69. The third kappa shape index (κ3) is 2.25. The quantitative estimate of drug-likeness (QED) is 0.759. The van der Waals surface area contributed by atoms with Crippen LogP contribution < -0.4 is 9.47 Å². The number of benzene rings is 1. The molecule has 0 fully saturated rings. The molecule has 0 N–H and O–H groups in total. The summed E-state index contributed by atoms with van der Waals surface area (Å²) in [5.74, 6) is 1.98. The maximum absolute atomic E-state index is 6.22. The number of hydrogen-bond acceptors (Lipinski definition) is 4. The maximum atomic E-state index is 6.22. The number of rotatable bonds is 2. The Kier molecular flexibility index (Phi) is 3.56. The minimum atomic E-state index is 0.229. The third-order valence-electron chi connectivity index (χ3n) is 3.20. The highest BCUT2D eigenvalue weighted by Gasteiger charge is 2.20. The lowest BCUT2D eigenvalue weighted by molar-refractivity contribution is 0.173. The van der Waals surface area contributed by atoms with Gasteiger partial charge in [0.15, 0.2) is 17.3 Å². The zero-order valence-corrected chi connectivity index (χ0v) is 13.4. The average molecular weight is 356 g/mol. The zero-order chi connectivity index (χ0) is 14.3. The van der Waals surface area contributed by atoms with Crippen molar-refractivity contribution in [3.8, 4) is 22.9 Å². The summed E-state index contributed by atoms with van der Waals surface area (Å²) < 4.78 is 11.6. The van der Waals surface area contributed by atoms with E-state index in [2.05, 4.69) is 25.9 Å². The average Bonchev–Trinajstić information content (AvgIpc) is 2.87. The van der Waals surface area contributed by atoms with Gasteiger partial charge in [-0.1, -0.05) is 18.5 Å². The lowest BCUT2D eigenvalue weighted by atomic mass is 10.1. The largest absolute Gasteiger partial charge is 0.454 e. The standard InChI is InChI=1S/C14H12BrClN2O2/c1-3-9-7(2)17-14(18-13(9)16)8-4-10(15)12-11(5-8)19-6-20-12/h4-5H,3,6H2,1-2H3. The molecule has 1 aromatic carbocycles. The van der Waals surface area contributed by atoms with E-state index >= 15 is 0 Å². The molecular formula is C14H12BrClN2O2. The molecule has 0 saturated carbocycles. The first kappa shape index (κ1) is 13.6. The molecule has 104 valence electrons. The van der Waals surface area contributed by atoms with Gasteiger partial charge >= 0.3 is 0 Å². The molecule has 2 aromatic rings. The summed E-state index contributed by atoms with van der Waals surface area (Å²) in [6, 6.07) is 3.77. The van der Waals surface area contributed by atoms with Crippen molar-refractivity contribution in [2.24, 2.45) is 0 Å². The van der Waals surface area contributed by atoms with Crippen molar-refractivity contribution in [1.29, 1.82) is 0 Å². The van der Waals surface area contributed by atoms with Gasteiger partial charge in [-0.25, -0.2) is 9.97 Å². The lowest BCUT2D eigenvalue weighted by Crippen LogP contribution is -1.99. The number of aromatic nitrogens is 2. The van der Waals surface area contributed by atoms with Crippen LogP contribution in [0.15, 0.2) is 16.6 Å². The van der Waals surface area contributed by atoms with Gasteiger partial charge in [-0.15, -0.1) is 0 Å². The molecule has 0 spiro atoms. The van der Waals surface area contributed by atoms with E-state index in [4.69, 9.17) is 21.1 Å². The molecule has 0 saturated heterocycles. The Hall–Kier alpha value is -1.33. The van der Waals surface area contributed by atoms with Crippen LogP contribution in [0.25, 0.3) is 11.4 Å². The van der Waals surface area contributed by atoms with Gasteiger partial charge in [-0.2, -0.15) is 0 Å². The second-order valence-electron chi connectivity index (χ2n) is 4.45. The number of halogens is 2. The Morgan fingerprint density at radius 2 is 2.10 bits per heavy atom.